The molecule has 0 aromatic heterocycles. The summed E-state index contributed by atoms with van der Waals surface area (Å²) in [7, 11) is 3.29. The average Bonchev–Trinajstić information content (AvgIpc) is 3.40. The van der Waals surface area contributed by atoms with Crippen LogP contribution in [0.3, 0.4) is 0 Å². The number of nitrogens with one attached hydrogen (secondary N) is 1. The average molecular weight is 356 g/mol. The normalized spacial score (nSPS) is 29.9. The van der Waals surface area contributed by atoms with Gasteiger partial charge in [0.1, 0.15) is 0 Å². The molecule has 2 amide bonds. The highest BCUT2D eigenvalue weighted by atomic mass is 16.5. The summed E-state index contributed by atoms with van der Waals surface area (Å²) in [5, 5.41) is 2.76. The highest BCUT2D eigenvalue weighted by Crippen LogP contribution is 2.44. The molecule has 1 aromatic rings. The highest BCUT2D eigenvalue weighted by Gasteiger charge is 2.41. The van der Waals surface area contributed by atoms with Gasteiger partial charge in [-0.05, 0) is 61.5 Å². The van der Waals surface area contributed by atoms with Crippen molar-refractivity contribution >= 4 is 12.0 Å². The van der Waals surface area contributed by atoms with Crippen molar-refractivity contribution in [1.82, 2.24) is 10.2 Å². The van der Waals surface area contributed by atoms with Crippen LogP contribution >= 0.6 is 0 Å². The lowest BCUT2D eigenvalue weighted by Crippen LogP contribution is -2.53. The molecule has 0 unspecified atom stereocenters. The molecule has 1 aromatic carbocycles. The monoisotopic (exact) mass is 356 g/mol. The Morgan fingerprint density at radius 3 is 2.35 bits per heavy atom. The molecule has 0 aliphatic heterocycles. The lowest BCUT2D eigenvalue weighted by Gasteiger charge is -2.45. The quantitative estimate of drug-likeness (QED) is 0.880. The molecular formula is C21H28N2O3. The standard InChI is InChI=1S/C21H28N2O3/c1-23(20(24)17-9-18(10-17)22-21(25)26-2)19-11-16(12-19)15-5-3-4-14(8-15)13-6-7-13/h3-5,8,13,16-19H,6-7,9-12H2,1-2H3,(H,22,25). The molecule has 140 valence electrons. The second-order valence-corrected chi connectivity index (χ2v) is 8.22. The largest absolute Gasteiger partial charge is 0.453 e. The van der Waals surface area contributed by atoms with Crippen LogP contribution in [0.5, 0.6) is 0 Å². The number of hydrogen-bond acceptors (Lipinski definition) is 3. The van der Waals surface area contributed by atoms with Crippen molar-refractivity contribution in [2.75, 3.05) is 14.2 Å². The number of alkyl carbamates (subject to hydrolysis) is 1. The smallest absolute Gasteiger partial charge is 0.407 e. The molecule has 1 N–H and O–H groups in total. The molecule has 0 bridgehead atoms. The molecule has 0 spiro atoms. The van der Waals surface area contributed by atoms with E-state index in [1.54, 1.807) is 0 Å². The zero-order valence-electron chi connectivity index (χ0n) is 15.6. The Labute approximate surface area is 155 Å². The third-order valence-corrected chi connectivity index (χ3v) is 6.43. The number of amides is 2. The summed E-state index contributed by atoms with van der Waals surface area (Å²) in [6.07, 6.45) is 5.82. The summed E-state index contributed by atoms with van der Waals surface area (Å²) >= 11 is 0. The molecular weight excluding hydrogens is 328 g/mol. The Hall–Kier alpha value is -2.04. The Kier molecular flexibility index (Phi) is 4.63. The van der Waals surface area contributed by atoms with Crippen LogP contribution in [-0.4, -0.2) is 43.1 Å². The maximum atomic E-state index is 12.6. The minimum Gasteiger partial charge on any atom is -0.453 e. The summed E-state index contributed by atoms with van der Waals surface area (Å²) in [5.41, 5.74) is 2.94. The third-order valence-electron chi connectivity index (χ3n) is 6.43. The van der Waals surface area contributed by atoms with E-state index in [0.29, 0.717) is 12.0 Å². The predicted octanol–water partition coefficient (Wildman–Crippen LogP) is 3.40. The van der Waals surface area contributed by atoms with E-state index in [1.807, 2.05) is 11.9 Å². The van der Waals surface area contributed by atoms with Gasteiger partial charge in [0.25, 0.3) is 0 Å². The van der Waals surface area contributed by atoms with Crippen molar-refractivity contribution in [2.24, 2.45) is 5.92 Å². The van der Waals surface area contributed by atoms with Crippen LogP contribution in [0, 0.1) is 5.92 Å². The predicted molar refractivity (Wildman–Crippen MR) is 99.0 cm³/mol. The maximum absolute atomic E-state index is 12.6. The molecule has 3 aliphatic carbocycles. The van der Waals surface area contributed by atoms with E-state index < -0.39 is 6.09 Å². The lowest BCUT2D eigenvalue weighted by atomic mass is 9.73. The summed E-state index contributed by atoms with van der Waals surface area (Å²) < 4.78 is 4.60. The summed E-state index contributed by atoms with van der Waals surface area (Å²) in [6.45, 7) is 0. The molecule has 5 heteroatoms. The van der Waals surface area contributed by atoms with E-state index in [0.717, 1.165) is 31.6 Å². The summed E-state index contributed by atoms with van der Waals surface area (Å²) in [6, 6.07) is 9.49. The third kappa shape index (κ3) is 3.44. The van der Waals surface area contributed by atoms with E-state index in [9.17, 15) is 9.59 Å². The first-order valence-corrected chi connectivity index (χ1v) is 9.76. The lowest BCUT2D eigenvalue weighted by molar-refractivity contribution is -0.141. The first kappa shape index (κ1) is 17.4. The number of nitrogens with zero attached hydrogens (tertiary/aromatic N) is 1. The van der Waals surface area contributed by atoms with Crippen LogP contribution in [0.4, 0.5) is 4.79 Å². The summed E-state index contributed by atoms with van der Waals surface area (Å²) in [4.78, 5) is 25.8. The van der Waals surface area contributed by atoms with Crippen LogP contribution in [-0.2, 0) is 9.53 Å². The fourth-order valence-corrected chi connectivity index (χ4v) is 4.29. The van der Waals surface area contributed by atoms with Crippen molar-refractivity contribution in [3.63, 3.8) is 0 Å². The Morgan fingerprint density at radius 2 is 1.73 bits per heavy atom. The fraction of sp³-hybridized carbons (Fsp3) is 0.619. The molecule has 3 saturated carbocycles. The van der Waals surface area contributed by atoms with E-state index >= 15 is 0 Å². The number of hydrogen-bond donors (Lipinski definition) is 1. The molecule has 0 radical (unpaired) electrons. The number of carbonyl (C=O) groups is 2. The number of benzene rings is 1. The van der Waals surface area contributed by atoms with Crippen LogP contribution < -0.4 is 5.32 Å². The molecule has 0 saturated heterocycles. The van der Waals surface area contributed by atoms with E-state index in [-0.39, 0.29) is 17.9 Å². The molecule has 0 atom stereocenters. The van der Waals surface area contributed by atoms with E-state index in [2.05, 4.69) is 34.3 Å². The second-order valence-electron chi connectivity index (χ2n) is 8.22. The van der Waals surface area contributed by atoms with Gasteiger partial charge in [-0.25, -0.2) is 4.79 Å². The van der Waals surface area contributed by atoms with Gasteiger partial charge >= 0.3 is 6.09 Å². The van der Waals surface area contributed by atoms with Gasteiger partial charge in [0.15, 0.2) is 0 Å². The van der Waals surface area contributed by atoms with Gasteiger partial charge in [-0.1, -0.05) is 24.3 Å². The first-order valence-electron chi connectivity index (χ1n) is 9.76. The van der Waals surface area contributed by atoms with E-state index in [1.165, 1.54) is 31.1 Å². The number of ether oxygens (including phenoxy) is 1. The SMILES string of the molecule is COC(=O)NC1CC(C(=O)N(C)C2CC(c3cccc(C4CC4)c3)C2)C1. The van der Waals surface area contributed by atoms with Crippen molar-refractivity contribution in [2.45, 2.75) is 62.4 Å². The minimum absolute atomic E-state index is 0.0411. The van der Waals surface area contributed by atoms with Gasteiger partial charge in [-0.3, -0.25) is 4.79 Å². The zero-order valence-corrected chi connectivity index (χ0v) is 15.6. The van der Waals surface area contributed by atoms with Gasteiger partial charge in [0.05, 0.1) is 7.11 Å². The molecule has 5 nitrogen and oxygen atoms in total. The van der Waals surface area contributed by atoms with Gasteiger partial charge in [-0.2, -0.15) is 0 Å². The highest BCUT2D eigenvalue weighted by molar-refractivity contribution is 5.80. The van der Waals surface area contributed by atoms with Gasteiger partial charge in [0, 0.05) is 25.0 Å². The molecule has 26 heavy (non-hydrogen) atoms. The van der Waals surface area contributed by atoms with Crippen molar-refractivity contribution in [1.29, 1.82) is 0 Å². The van der Waals surface area contributed by atoms with Crippen molar-refractivity contribution in [3.05, 3.63) is 35.4 Å². The van der Waals surface area contributed by atoms with Gasteiger partial charge in [0.2, 0.25) is 5.91 Å². The maximum Gasteiger partial charge on any atom is 0.407 e. The zero-order chi connectivity index (χ0) is 18.3. The van der Waals surface area contributed by atoms with Crippen molar-refractivity contribution < 1.29 is 14.3 Å². The molecule has 3 fully saturated rings. The Morgan fingerprint density at radius 1 is 1.08 bits per heavy atom. The van der Waals surface area contributed by atoms with Crippen LogP contribution in [0.2, 0.25) is 0 Å². The van der Waals surface area contributed by atoms with Gasteiger partial charge in [-0.15, -0.1) is 0 Å². The van der Waals surface area contributed by atoms with Crippen LogP contribution in [0.15, 0.2) is 24.3 Å². The number of carbonyl (C=O) groups excluding carboxylic acids is 2. The molecule has 4 rings (SSSR count). The molecule has 3 aliphatic rings. The van der Waals surface area contributed by atoms with Crippen molar-refractivity contribution in [3.8, 4) is 0 Å². The fourth-order valence-electron chi connectivity index (χ4n) is 4.29. The topological polar surface area (TPSA) is 58.6 Å². The van der Waals surface area contributed by atoms with Gasteiger partial charge < -0.3 is 15.0 Å². The van der Waals surface area contributed by atoms with E-state index in [4.69, 9.17) is 0 Å². The second kappa shape index (κ2) is 6.93. The molecule has 0 heterocycles. The summed E-state index contributed by atoms with van der Waals surface area (Å²) in [5.74, 6) is 1.65. The minimum atomic E-state index is -0.412. The Bertz CT molecular complexity index is 688. The van der Waals surface area contributed by atoms with Crippen LogP contribution in [0.25, 0.3) is 0 Å². The number of methoxy groups -OCH3 is 1. The Balaban J connectivity index is 1.24. The number of rotatable bonds is 5. The van der Waals surface area contributed by atoms with Crippen LogP contribution in [0.1, 0.15) is 61.5 Å². The first-order chi connectivity index (χ1) is 12.5.